The molecule has 152 valence electrons. The maximum atomic E-state index is 12.6. The highest BCUT2D eigenvalue weighted by Crippen LogP contribution is 2.22. The Labute approximate surface area is 173 Å². The molecule has 1 aliphatic heterocycles. The zero-order valence-corrected chi connectivity index (χ0v) is 16.4. The van der Waals surface area contributed by atoms with Gasteiger partial charge < -0.3 is 9.15 Å². The summed E-state index contributed by atoms with van der Waals surface area (Å²) in [7, 11) is 0. The van der Waals surface area contributed by atoms with Gasteiger partial charge in [0.2, 0.25) is 5.89 Å². The van der Waals surface area contributed by atoms with Crippen molar-refractivity contribution in [2.75, 3.05) is 0 Å². The smallest absolute Gasteiger partial charge is 0.414 e. The van der Waals surface area contributed by atoms with E-state index in [-0.39, 0.29) is 12.2 Å². The van der Waals surface area contributed by atoms with E-state index >= 15 is 0 Å². The Morgan fingerprint density at radius 1 is 1.07 bits per heavy atom. The monoisotopic (exact) mass is 404 g/mol. The van der Waals surface area contributed by atoms with Gasteiger partial charge in [0.05, 0.1) is 5.69 Å². The molecular formula is C23H20N2O5. The van der Waals surface area contributed by atoms with E-state index in [1.165, 1.54) is 0 Å². The molecule has 7 nitrogen and oxygen atoms in total. The molecular weight excluding hydrogens is 384 g/mol. The minimum absolute atomic E-state index is 0.00440. The highest BCUT2D eigenvalue weighted by atomic mass is 16.6. The van der Waals surface area contributed by atoms with E-state index in [4.69, 9.17) is 9.15 Å². The third-order valence-corrected chi connectivity index (χ3v) is 4.97. The first-order valence-electron chi connectivity index (χ1n) is 9.65. The summed E-state index contributed by atoms with van der Waals surface area (Å²) in [5, 5.41) is 2.10. The molecule has 1 fully saturated rings. The van der Waals surface area contributed by atoms with Gasteiger partial charge in [0, 0.05) is 30.4 Å². The quantitative estimate of drug-likeness (QED) is 0.604. The van der Waals surface area contributed by atoms with E-state index in [0.717, 1.165) is 16.8 Å². The number of oxazole rings is 1. The summed E-state index contributed by atoms with van der Waals surface area (Å²) < 4.78 is 10.6. The van der Waals surface area contributed by atoms with Crippen molar-refractivity contribution in [1.29, 1.82) is 0 Å². The summed E-state index contributed by atoms with van der Waals surface area (Å²) in [6, 6.07) is 16.6. The summed E-state index contributed by atoms with van der Waals surface area (Å²) >= 11 is 0. The molecule has 1 saturated heterocycles. The summed E-state index contributed by atoms with van der Waals surface area (Å²) in [6.07, 6.45) is -0.486. The summed E-state index contributed by atoms with van der Waals surface area (Å²) in [6.45, 7) is 1.85. The number of cyclic esters (lactones) is 1. The van der Waals surface area contributed by atoms with Crippen LogP contribution in [0.3, 0.4) is 0 Å². The van der Waals surface area contributed by atoms with Gasteiger partial charge in [-0.3, -0.25) is 14.9 Å². The molecule has 0 radical (unpaired) electrons. The molecule has 4 rings (SSSR count). The lowest BCUT2D eigenvalue weighted by molar-refractivity contribution is -0.123. The Hall–Kier alpha value is -3.74. The molecule has 1 aromatic heterocycles. The number of imide groups is 1. The average Bonchev–Trinajstić information content (AvgIpc) is 3.28. The summed E-state index contributed by atoms with van der Waals surface area (Å²) in [4.78, 5) is 39.8. The van der Waals surface area contributed by atoms with Crippen LogP contribution in [0.15, 0.2) is 59.0 Å². The lowest BCUT2D eigenvalue weighted by atomic mass is 10.0. The second kappa shape index (κ2) is 8.32. The number of aromatic nitrogens is 1. The van der Waals surface area contributed by atoms with Gasteiger partial charge in [-0.05, 0) is 24.6 Å². The van der Waals surface area contributed by atoms with Crippen LogP contribution in [0, 0.1) is 6.92 Å². The SMILES string of the molecule is Cc1oc(-c2ccccc2)nc1CCC(=O)c1ccc(CC2OC(=O)NC2=O)cc1. The maximum absolute atomic E-state index is 12.6. The molecule has 2 amide bonds. The number of carbonyl (C=O) groups excluding carboxylic acids is 3. The molecule has 3 aromatic rings. The van der Waals surface area contributed by atoms with E-state index < -0.39 is 18.1 Å². The lowest BCUT2D eigenvalue weighted by Crippen LogP contribution is -2.25. The van der Waals surface area contributed by atoms with Crippen molar-refractivity contribution < 1.29 is 23.5 Å². The van der Waals surface area contributed by atoms with Crippen molar-refractivity contribution in [3.8, 4) is 11.5 Å². The largest absolute Gasteiger partial charge is 0.441 e. The van der Waals surface area contributed by atoms with Gasteiger partial charge in [0.25, 0.3) is 5.91 Å². The fourth-order valence-electron chi connectivity index (χ4n) is 3.31. The van der Waals surface area contributed by atoms with Crippen LogP contribution in [-0.4, -0.2) is 28.9 Å². The number of Topliss-reactive ketones (excluding diaryl/α,β-unsaturated/α-hetero) is 1. The highest BCUT2D eigenvalue weighted by molar-refractivity contribution is 6.00. The van der Waals surface area contributed by atoms with Crippen molar-refractivity contribution in [2.45, 2.75) is 32.3 Å². The third kappa shape index (κ3) is 4.30. The molecule has 0 aliphatic carbocycles. The van der Waals surface area contributed by atoms with Gasteiger partial charge in [-0.15, -0.1) is 0 Å². The Morgan fingerprint density at radius 3 is 2.47 bits per heavy atom. The molecule has 1 atom stereocenters. The van der Waals surface area contributed by atoms with E-state index in [1.807, 2.05) is 37.3 Å². The number of ketones is 1. The maximum Gasteiger partial charge on any atom is 0.414 e. The number of aryl methyl sites for hydroxylation is 2. The van der Waals surface area contributed by atoms with Crippen LogP contribution in [0.4, 0.5) is 4.79 Å². The van der Waals surface area contributed by atoms with Gasteiger partial charge in [-0.1, -0.05) is 42.5 Å². The van der Waals surface area contributed by atoms with Crippen LogP contribution in [0.25, 0.3) is 11.5 Å². The van der Waals surface area contributed by atoms with Crippen molar-refractivity contribution >= 4 is 17.8 Å². The fourth-order valence-corrected chi connectivity index (χ4v) is 3.31. The predicted octanol–water partition coefficient (Wildman–Crippen LogP) is 3.64. The average molecular weight is 404 g/mol. The topological polar surface area (TPSA) is 98.5 Å². The lowest BCUT2D eigenvalue weighted by Gasteiger charge is -2.07. The molecule has 0 bridgehead atoms. The number of hydrogen-bond acceptors (Lipinski definition) is 6. The van der Waals surface area contributed by atoms with Gasteiger partial charge in [-0.2, -0.15) is 0 Å². The molecule has 1 unspecified atom stereocenters. The number of nitrogens with one attached hydrogen (secondary N) is 1. The number of rotatable bonds is 7. The van der Waals surface area contributed by atoms with E-state index in [1.54, 1.807) is 24.3 Å². The zero-order valence-electron chi connectivity index (χ0n) is 16.4. The van der Waals surface area contributed by atoms with Crippen molar-refractivity contribution in [1.82, 2.24) is 10.3 Å². The Balaban J connectivity index is 1.36. The molecule has 1 aliphatic rings. The first kappa shape index (κ1) is 19.6. The molecule has 2 aromatic carbocycles. The number of alkyl carbamates (subject to hydrolysis) is 1. The second-order valence-electron chi connectivity index (χ2n) is 7.10. The number of benzene rings is 2. The van der Waals surface area contributed by atoms with Crippen LogP contribution >= 0.6 is 0 Å². The van der Waals surface area contributed by atoms with E-state index in [2.05, 4.69) is 10.3 Å². The highest BCUT2D eigenvalue weighted by Gasteiger charge is 2.32. The van der Waals surface area contributed by atoms with E-state index in [9.17, 15) is 14.4 Å². The van der Waals surface area contributed by atoms with Crippen LogP contribution in [0.1, 0.15) is 33.8 Å². The Bertz CT molecular complexity index is 1090. The number of amides is 2. The van der Waals surface area contributed by atoms with Crippen LogP contribution in [0.2, 0.25) is 0 Å². The predicted molar refractivity (Wildman–Crippen MR) is 108 cm³/mol. The molecule has 7 heteroatoms. The normalized spacial score (nSPS) is 15.7. The fraction of sp³-hybridized carbons (Fsp3) is 0.217. The zero-order chi connectivity index (χ0) is 21.1. The molecule has 2 heterocycles. The molecule has 1 N–H and O–H groups in total. The molecule has 0 saturated carbocycles. The Kier molecular flexibility index (Phi) is 5.43. The van der Waals surface area contributed by atoms with Crippen LogP contribution in [-0.2, 0) is 22.4 Å². The first-order chi connectivity index (χ1) is 14.5. The minimum atomic E-state index is -0.826. The van der Waals surface area contributed by atoms with Crippen molar-refractivity contribution in [3.05, 3.63) is 77.2 Å². The second-order valence-corrected chi connectivity index (χ2v) is 7.10. The van der Waals surface area contributed by atoms with Gasteiger partial charge in [-0.25, -0.2) is 9.78 Å². The molecule has 0 spiro atoms. The van der Waals surface area contributed by atoms with Crippen LogP contribution in [0.5, 0.6) is 0 Å². The van der Waals surface area contributed by atoms with E-state index in [0.29, 0.717) is 30.1 Å². The van der Waals surface area contributed by atoms with Gasteiger partial charge in [0.15, 0.2) is 11.9 Å². The van der Waals surface area contributed by atoms with Crippen molar-refractivity contribution in [3.63, 3.8) is 0 Å². The summed E-state index contributed by atoms with van der Waals surface area (Å²) in [5.41, 5.74) is 3.06. The number of hydrogen-bond donors (Lipinski definition) is 1. The van der Waals surface area contributed by atoms with Crippen molar-refractivity contribution in [2.24, 2.45) is 0 Å². The van der Waals surface area contributed by atoms with Crippen LogP contribution < -0.4 is 5.32 Å². The number of carbonyl (C=O) groups is 3. The minimum Gasteiger partial charge on any atom is -0.441 e. The number of ether oxygens (including phenoxy) is 1. The first-order valence-corrected chi connectivity index (χ1v) is 9.65. The third-order valence-electron chi connectivity index (χ3n) is 4.97. The van der Waals surface area contributed by atoms with Gasteiger partial charge >= 0.3 is 6.09 Å². The number of nitrogens with zero attached hydrogens (tertiary/aromatic N) is 1. The standard InChI is InChI=1S/C23H20N2O5/c1-14-18(24-22(29-14)17-5-3-2-4-6-17)11-12-19(26)16-9-7-15(8-10-16)13-20-21(27)25-23(28)30-20/h2-10,20H,11-13H2,1H3,(H,25,27,28). The summed E-state index contributed by atoms with van der Waals surface area (Å²) in [5.74, 6) is 0.811. The Morgan fingerprint density at radius 2 is 1.80 bits per heavy atom. The van der Waals surface area contributed by atoms with Gasteiger partial charge in [0.1, 0.15) is 5.76 Å². The molecule has 30 heavy (non-hydrogen) atoms.